The Labute approximate surface area is 175 Å². The number of aryl methyl sites for hydroxylation is 1. The summed E-state index contributed by atoms with van der Waals surface area (Å²) in [5, 5.41) is 9.45. The van der Waals surface area contributed by atoms with Crippen molar-refractivity contribution >= 4 is 17.7 Å². The minimum Gasteiger partial charge on any atom is -0.492 e. The van der Waals surface area contributed by atoms with E-state index >= 15 is 0 Å². The molecule has 0 fully saturated rings. The second-order valence-electron chi connectivity index (χ2n) is 6.63. The minimum atomic E-state index is 0.0368. The fourth-order valence-electron chi connectivity index (χ4n) is 2.88. The van der Waals surface area contributed by atoms with E-state index in [4.69, 9.17) is 4.74 Å². The number of carbonyl (C=O) groups excluding carboxylic acids is 1. The molecule has 3 rings (SSSR count). The molecule has 0 saturated heterocycles. The van der Waals surface area contributed by atoms with Gasteiger partial charge in [-0.3, -0.25) is 4.79 Å². The van der Waals surface area contributed by atoms with Gasteiger partial charge in [0.2, 0.25) is 5.91 Å². The van der Waals surface area contributed by atoms with Gasteiger partial charge in [-0.2, -0.15) is 0 Å². The molecule has 0 saturated carbocycles. The Balaban J connectivity index is 1.55. The SMILES string of the molecule is CCn1c(SCC(=O)N(C)CCOc2ccccc2)nnc1-c1ccccc1C. The lowest BCUT2D eigenvalue weighted by Crippen LogP contribution is -2.32. The third kappa shape index (κ3) is 5.38. The van der Waals surface area contributed by atoms with Gasteiger partial charge in [-0.05, 0) is 31.5 Å². The summed E-state index contributed by atoms with van der Waals surface area (Å²) in [6.07, 6.45) is 0. The fourth-order valence-corrected chi connectivity index (χ4v) is 3.82. The van der Waals surface area contributed by atoms with Crippen molar-refractivity contribution in [2.45, 2.75) is 25.5 Å². The topological polar surface area (TPSA) is 60.2 Å². The Morgan fingerprint density at radius 3 is 2.55 bits per heavy atom. The first-order valence-corrected chi connectivity index (χ1v) is 10.6. The van der Waals surface area contributed by atoms with Crippen LogP contribution in [0.4, 0.5) is 0 Å². The van der Waals surface area contributed by atoms with E-state index in [1.54, 1.807) is 11.9 Å². The van der Waals surface area contributed by atoms with E-state index in [2.05, 4.69) is 34.7 Å². The van der Waals surface area contributed by atoms with E-state index in [-0.39, 0.29) is 5.91 Å². The van der Waals surface area contributed by atoms with Crippen molar-refractivity contribution in [3.05, 3.63) is 60.2 Å². The Morgan fingerprint density at radius 1 is 1.10 bits per heavy atom. The average Bonchev–Trinajstić information content (AvgIpc) is 3.15. The largest absolute Gasteiger partial charge is 0.492 e. The summed E-state index contributed by atoms with van der Waals surface area (Å²) >= 11 is 1.42. The molecule has 0 N–H and O–H groups in total. The summed E-state index contributed by atoms with van der Waals surface area (Å²) in [6.45, 7) is 5.85. The number of rotatable bonds is 9. The molecule has 2 aromatic carbocycles. The van der Waals surface area contributed by atoms with Crippen LogP contribution >= 0.6 is 11.8 Å². The third-order valence-corrected chi connectivity index (χ3v) is 5.56. The summed E-state index contributed by atoms with van der Waals surface area (Å²) in [4.78, 5) is 14.2. The van der Waals surface area contributed by atoms with Crippen LogP contribution in [0.15, 0.2) is 59.8 Å². The molecule has 7 heteroatoms. The van der Waals surface area contributed by atoms with Crippen molar-refractivity contribution in [1.82, 2.24) is 19.7 Å². The van der Waals surface area contributed by atoms with Crippen molar-refractivity contribution in [2.24, 2.45) is 0 Å². The minimum absolute atomic E-state index is 0.0368. The molecule has 0 aliphatic rings. The van der Waals surface area contributed by atoms with Gasteiger partial charge in [0.05, 0.1) is 12.3 Å². The Morgan fingerprint density at radius 2 is 1.83 bits per heavy atom. The molecule has 6 nitrogen and oxygen atoms in total. The maximum absolute atomic E-state index is 12.5. The molecule has 0 radical (unpaired) electrons. The molecule has 0 aliphatic heterocycles. The van der Waals surface area contributed by atoms with E-state index in [0.717, 1.165) is 34.4 Å². The number of amides is 1. The van der Waals surface area contributed by atoms with Crippen molar-refractivity contribution in [3.8, 4) is 17.1 Å². The highest BCUT2D eigenvalue weighted by Crippen LogP contribution is 2.26. The molecule has 0 atom stereocenters. The first-order valence-electron chi connectivity index (χ1n) is 9.64. The average molecular weight is 411 g/mol. The lowest BCUT2D eigenvalue weighted by Gasteiger charge is -2.17. The highest BCUT2D eigenvalue weighted by molar-refractivity contribution is 7.99. The van der Waals surface area contributed by atoms with Gasteiger partial charge in [-0.25, -0.2) is 0 Å². The third-order valence-electron chi connectivity index (χ3n) is 4.61. The van der Waals surface area contributed by atoms with E-state index in [1.165, 1.54) is 11.8 Å². The number of ether oxygens (including phenoxy) is 1. The number of para-hydroxylation sites is 1. The molecule has 0 spiro atoms. The Hall–Kier alpha value is -2.80. The molecule has 1 amide bonds. The van der Waals surface area contributed by atoms with Crippen LogP contribution < -0.4 is 4.74 Å². The van der Waals surface area contributed by atoms with E-state index in [1.807, 2.05) is 48.5 Å². The molecule has 3 aromatic rings. The Kier molecular flexibility index (Phi) is 7.30. The monoisotopic (exact) mass is 410 g/mol. The highest BCUT2D eigenvalue weighted by Gasteiger charge is 2.17. The smallest absolute Gasteiger partial charge is 0.232 e. The number of likely N-dealkylation sites (N-methyl/N-ethyl adjacent to an activating group) is 1. The summed E-state index contributed by atoms with van der Waals surface area (Å²) in [5.74, 6) is 2.00. The number of hydrogen-bond donors (Lipinski definition) is 0. The van der Waals surface area contributed by atoms with E-state index in [9.17, 15) is 4.79 Å². The zero-order valence-electron chi connectivity index (χ0n) is 17.0. The first kappa shape index (κ1) is 20.9. The lowest BCUT2D eigenvalue weighted by molar-refractivity contribution is -0.127. The van der Waals surface area contributed by atoms with Crippen molar-refractivity contribution < 1.29 is 9.53 Å². The molecule has 1 heterocycles. The number of benzene rings is 2. The van der Waals surface area contributed by atoms with Crippen molar-refractivity contribution in [1.29, 1.82) is 0 Å². The van der Waals surface area contributed by atoms with Crippen LogP contribution in [-0.4, -0.2) is 51.5 Å². The first-order chi connectivity index (χ1) is 14.1. The Bertz CT molecular complexity index is 943. The predicted octanol–water partition coefficient (Wildman–Crippen LogP) is 3.90. The summed E-state index contributed by atoms with van der Waals surface area (Å²) in [5.41, 5.74) is 2.22. The van der Waals surface area contributed by atoms with E-state index in [0.29, 0.717) is 18.9 Å². The van der Waals surface area contributed by atoms with Gasteiger partial charge in [-0.1, -0.05) is 54.2 Å². The van der Waals surface area contributed by atoms with Crippen LogP contribution in [0.5, 0.6) is 5.75 Å². The predicted molar refractivity (Wildman–Crippen MR) is 116 cm³/mol. The number of carbonyl (C=O) groups is 1. The van der Waals surface area contributed by atoms with Crippen LogP contribution in [0, 0.1) is 6.92 Å². The normalized spacial score (nSPS) is 10.7. The van der Waals surface area contributed by atoms with Crippen molar-refractivity contribution in [3.63, 3.8) is 0 Å². The molecule has 29 heavy (non-hydrogen) atoms. The van der Waals surface area contributed by atoms with Gasteiger partial charge in [0, 0.05) is 19.2 Å². The molecular weight excluding hydrogens is 384 g/mol. The molecule has 0 aliphatic carbocycles. The summed E-state index contributed by atoms with van der Waals surface area (Å²) < 4.78 is 7.72. The summed E-state index contributed by atoms with van der Waals surface area (Å²) in [7, 11) is 1.79. The van der Waals surface area contributed by atoms with Gasteiger partial charge in [-0.15, -0.1) is 10.2 Å². The van der Waals surface area contributed by atoms with Crippen LogP contribution in [0.25, 0.3) is 11.4 Å². The second kappa shape index (κ2) is 10.1. The zero-order valence-corrected chi connectivity index (χ0v) is 17.9. The fraction of sp³-hybridized carbons (Fsp3) is 0.318. The van der Waals surface area contributed by atoms with Gasteiger partial charge in [0.25, 0.3) is 0 Å². The van der Waals surface area contributed by atoms with E-state index < -0.39 is 0 Å². The van der Waals surface area contributed by atoms with Gasteiger partial charge < -0.3 is 14.2 Å². The molecular formula is C22H26N4O2S. The van der Waals surface area contributed by atoms with Gasteiger partial charge >= 0.3 is 0 Å². The molecule has 0 bridgehead atoms. The number of nitrogens with zero attached hydrogens (tertiary/aromatic N) is 4. The van der Waals surface area contributed by atoms with Crippen LogP contribution in [-0.2, 0) is 11.3 Å². The standard InChI is InChI=1S/C22H26N4O2S/c1-4-26-21(19-13-9-8-10-17(19)2)23-24-22(26)29-16-20(27)25(3)14-15-28-18-11-6-5-7-12-18/h5-13H,4,14-16H2,1-3H3. The number of aromatic nitrogens is 3. The maximum Gasteiger partial charge on any atom is 0.232 e. The quantitative estimate of drug-likeness (QED) is 0.501. The van der Waals surface area contributed by atoms with Crippen LogP contribution in [0.2, 0.25) is 0 Å². The molecule has 152 valence electrons. The second-order valence-corrected chi connectivity index (χ2v) is 7.57. The van der Waals surface area contributed by atoms with Gasteiger partial charge in [0.1, 0.15) is 12.4 Å². The number of hydrogen-bond acceptors (Lipinski definition) is 5. The number of thioether (sulfide) groups is 1. The zero-order chi connectivity index (χ0) is 20.6. The van der Waals surface area contributed by atoms with Gasteiger partial charge in [0.15, 0.2) is 11.0 Å². The highest BCUT2D eigenvalue weighted by atomic mass is 32.2. The van der Waals surface area contributed by atoms with Crippen LogP contribution in [0.3, 0.4) is 0 Å². The van der Waals surface area contributed by atoms with Crippen LogP contribution in [0.1, 0.15) is 12.5 Å². The summed E-state index contributed by atoms with van der Waals surface area (Å²) in [6, 6.07) is 17.7. The van der Waals surface area contributed by atoms with Crippen molar-refractivity contribution in [2.75, 3.05) is 26.0 Å². The lowest BCUT2D eigenvalue weighted by atomic mass is 10.1. The maximum atomic E-state index is 12.5. The molecule has 1 aromatic heterocycles. The molecule has 0 unspecified atom stereocenters.